The van der Waals surface area contributed by atoms with Crippen molar-refractivity contribution in [3.63, 3.8) is 0 Å². The van der Waals surface area contributed by atoms with Crippen LogP contribution in [0.4, 0.5) is 0 Å². The molecule has 1 saturated heterocycles. The molecule has 1 aliphatic rings. The number of aromatic hydroxyl groups is 1. The summed E-state index contributed by atoms with van der Waals surface area (Å²) in [6.45, 7) is 2.34. The summed E-state index contributed by atoms with van der Waals surface area (Å²) >= 11 is 0. The highest BCUT2D eigenvalue weighted by Gasteiger charge is 2.19. The Morgan fingerprint density at radius 1 is 1.40 bits per heavy atom. The van der Waals surface area contributed by atoms with Gasteiger partial charge in [0.1, 0.15) is 11.4 Å². The summed E-state index contributed by atoms with van der Waals surface area (Å²) in [7, 11) is 0. The number of hydrogen-bond donors (Lipinski definition) is 1. The number of ether oxygens (including phenoxy) is 1. The van der Waals surface area contributed by atoms with E-state index in [-0.39, 0.29) is 11.7 Å². The molecule has 0 aliphatic carbocycles. The molecule has 0 atom stereocenters. The number of aromatic nitrogens is 1. The van der Waals surface area contributed by atoms with Crippen molar-refractivity contribution in [3.05, 3.63) is 24.0 Å². The van der Waals surface area contributed by atoms with Crippen LogP contribution in [0.15, 0.2) is 18.3 Å². The third kappa shape index (κ3) is 2.24. The van der Waals surface area contributed by atoms with Crippen molar-refractivity contribution < 1.29 is 14.6 Å². The molecule has 5 heteroatoms. The number of morpholine rings is 1. The lowest BCUT2D eigenvalue weighted by Gasteiger charge is -2.26. The average Bonchev–Trinajstić information content (AvgIpc) is 2.30. The van der Waals surface area contributed by atoms with Crippen molar-refractivity contribution in [2.24, 2.45) is 0 Å². The molecule has 80 valence electrons. The van der Waals surface area contributed by atoms with E-state index in [4.69, 9.17) is 9.84 Å². The van der Waals surface area contributed by atoms with Gasteiger partial charge in [0.25, 0.3) is 5.91 Å². The maximum absolute atomic E-state index is 11.8. The van der Waals surface area contributed by atoms with E-state index in [1.54, 1.807) is 4.90 Å². The van der Waals surface area contributed by atoms with Crippen LogP contribution in [-0.4, -0.2) is 47.2 Å². The van der Waals surface area contributed by atoms with Gasteiger partial charge in [-0.05, 0) is 12.1 Å². The summed E-state index contributed by atoms with van der Waals surface area (Å²) < 4.78 is 5.15. The molecule has 0 spiro atoms. The fourth-order valence-corrected chi connectivity index (χ4v) is 1.44. The molecule has 1 N–H and O–H groups in total. The average molecular weight is 208 g/mol. The van der Waals surface area contributed by atoms with Crippen LogP contribution in [0.2, 0.25) is 0 Å². The number of carbonyl (C=O) groups is 1. The van der Waals surface area contributed by atoms with Gasteiger partial charge in [-0.3, -0.25) is 4.79 Å². The third-order valence-electron chi connectivity index (χ3n) is 2.27. The Labute approximate surface area is 87.3 Å². The van der Waals surface area contributed by atoms with Crippen LogP contribution in [0.1, 0.15) is 10.5 Å². The van der Waals surface area contributed by atoms with Crippen molar-refractivity contribution in [3.8, 4) is 5.75 Å². The van der Waals surface area contributed by atoms with Gasteiger partial charge in [-0.2, -0.15) is 0 Å². The van der Waals surface area contributed by atoms with Gasteiger partial charge in [0.2, 0.25) is 0 Å². The number of nitrogens with zero attached hydrogens (tertiary/aromatic N) is 2. The molecule has 0 bridgehead atoms. The molecule has 15 heavy (non-hydrogen) atoms. The zero-order chi connectivity index (χ0) is 10.7. The standard InChI is InChI=1S/C10H12N2O3/c13-8-1-2-9(11-7-8)10(14)12-3-5-15-6-4-12/h1-2,7,13H,3-6H2. The van der Waals surface area contributed by atoms with Gasteiger partial charge < -0.3 is 14.7 Å². The number of pyridine rings is 1. The topological polar surface area (TPSA) is 62.7 Å². The van der Waals surface area contributed by atoms with Gasteiger partial charge in [0.15, 0.2) is 0 Å². The molecule has 5 nitrogen and oxygen atoms in total. The van der Waals surface area contributed by atoms with Gasteiger partial charge in [-0.15, -0.1) is 0 Å². The second kappa shape index (κ2) is 4.27. The van der Waals surface area contributed by atoms with Crippen molar-refractivity contribution in [1.29, 1.82) is 0 Å². The van der Waals surface area contributed by atoms with Crippen LogP contribution in [0.5, 0.6) is 5.75 Å². The Kier molecular flexibility index (Phi) is 2.82. The smallest absolute Gasteiger partial charge is 0.272 e. The first-order valence-electron chi connectivity index (χ1n) is 4.79. The predicted octanol–water partition coefficient (Wildman–Crippen LogP) is 0.260. The molecule has 1 fully saturated rings. The Morgan fingerprint density at radius 2 is 2.13 bits per heavy atom. The van der Waals surface area contributed by atoms with E-state index in [1.165, 1.54) is 18.3 Å². The van der Waals surface area contributed by atoms with E-state index in [0.717, 1.165) is 0 Å². The maximum atomic E-state index is 11.8. The molecule has 2 heterocycles. The minimum Gasteiger partial charge on any atom is -0.506 e. The molecule has 0 aromatic carbocycles. The van der Waals surface area contributed by atoms with Crippen LogP contribution in [0, 0.1) is 0 Å². The van der Waals surface area contributed by atoms with Crippen molar-refractivity contribution in [2.45, 2.75) is 0 Å². The molecule has 0 unspecified atom stereocenters. The second-order valence-electron chi connectivity index (χ2n) is 3.31. The van der Waals surface area contributed by atoms with Crippen LogP contribution >= 0.6 is 0 Å². The van der Waals surface area contributed by atoms with Gasteiger partial charge in [0.05, 0.1) is 19.4 Å². The maximum Gasteiger partial charge on any atom is 0.272 e. The molecule has 0 saturated carbocycles. The van der Waals surface area contributed by atoms with E-state index in [0.29, 0.717) is 32.0 Å². The lowest BCUT2D eigenvalue weighted by molar-refractivity contribution is 0.0299. The minimum atomic E-state index is -0.113. The lowest BCUT2D eigenvalue weighted by Crippen LogP contribution is -2.40. The van der Waals surface area contributed by atoms with Crippen LogP contribution in [-0.2, 0) is 4.74 Å². The Bertz CT molecular complexity index is 344. The third-order valence-corrected chi connectivity index (χ3v) is 2.27. The van der Waals surface area contributed by atoms with E-state index in [9.17, 15) is 4.79 Å². The molecule has 1 aromatic rings. The van der Waals surface area contributed by atoms with E-state index in [2.05, 4.69) is 4.98 Å². The molecule has 2 rings (SSSR count). The molecular formula is C10H12N2O3. The quantitative estimate of drug-likeness (QED) is 0.719. The molecule has 1 amide bonds. The normalized spacial score (nSPS) is 16.4. The van der Waals surface area contributed by atoms with Crippen LogP contribution in [0.3, 0.4) is 0 Å². The molecular weight excluding hydrogens is 196 g/mol. The van der Waals surface area contributed by atoms with Crippen molar-refractivity contribution >= 4 is 5.91 Å². The molecule has 0 radical (unpaired) electrons. The van der Waals surface area contributed by atoms with Crippen molar-refractivity contribution in [2.75, 3.05) is 26.3 Å². The largest absolute Gasteiger partial charge is 0.506 e. The highest BCUT2D eigenvalue weighted by Crippen LogP contribution is 2.09. The van der Waals surface area contributed by atoms with Gasteiger partial charge >= 0.3 is 0 Å². The second-order valence-corrected chi connectivity index (χ2v) is 3.31. The van der Waals surface area contributed by atoms with E-state index in [1.807, 2.05) is 0 Å². The predicted molar refractivity (Wildman–Crippen MR) is 52.6 cm³/mol. The summed E-state index contributed by atoms with van der Waals surface area (Å²) in [4.78, 5) is 17.4. The Hall–Kier alpha value is -1.62. The highest BCUT2D eigenvalue weighted by molar-refractivity contribution is 5.92. The number of amides is 1. The number of hydrogen-bond acceptors (Lipinski definition) is 4. The summed E-state index contributed by atoms with van der Waals surface area (Å²) in [5.41, 5.74) is 0.356. The van der Waals surface area contributed by atoms with Crippen LogP contribution in [0.25, 0.3) is 0 Å². The van der Waals surface area contributed by atoms with Crippen molar-refractivity contribution in [1.82, 2.24) is 9.88 Å². The zero-order valence-electron chi connectivity index (χ0n) is 8.22. The van der Waals surface area contributed by atoms with Gasteiger partial charge in [-0.1, -0.05) is 0 Å². The molecule has 1 aromatic heterocycles. The first-order chi connectivity index (χ1) is 7.27. The molecule has 1 aliphatic heterocycles. The van der Waals surface area contributed by atoms with Gasteiger partial charge in [-0.25, -0.2) is 4.98 Å². The zero-order valence-corrected chi connectivity index (χ0v) is 8.22. The first-order valence-corrected chi connectivity index (χ1v) is 4.79. The monoisotopic (exact) mass is 208 g/mol. The van der Waals surface area contributed by atoms with Gasteiger partial charge in [0, 0.05) is 13.1 Å². The lowest BCUT2D eigenvalue weighted by atomic mass is 10.3. The number of rotatable bonds is 1. The summed E-state index contributed by atoms with van der Waals surface area (Å²) in [5, 5.41) is 9.04. The minimum absolute atomic E-state index is 0.0635. The van der Waals surface area contributed by atoms with Crippen LogP contribution < -0.4 is 0 Å². The van der Waals surface area contributed by atoms with E-state index < -0.39 is 0 Å². The summed E-state index contributed by atoms with van der Waals surface area (Å²) in [5.74, 6) is -0.0492. The summed E-state index contributed by atoms with van der Waals surface area (Å²) in [6, 6.07) is 2.98. The Morgan fingerprint density at radius 3 is 2.73 bits per heavy atom. The fourth-order valence-electron chi connectivity index (χ4n) is 1.44. The highest BCUT2D eigenvalue weighted by atomic mass is 16.5. The summed E-state index contributed by atoms with van der Waals surface area (Å²) in [6.07, 6.45) is 1.27. The van der Waals surface area contributed by atoms with E-state index >= 15 is 0 Å². The first kappa shape index (κ1) is 9.92. The fraction of sp³-hybridized carbons (Fsp3) is 0.400. The SMILES string of the molecule is O=C(c1ccc(O)cn1)N1CCOCC1. The Balaban J connectivity index is 2.09. The number of carbonyl (C=O) groups excluding carboxylic acids is 1.